The molecule has 2 atom stereocenters. The van der Waals surface area contributed by atoms with Gasteiger partial charge >= 0.3 is 0 Å². The number of aliphatic hydroxyl groups excluding tert-OH is 1. The summed E-state index contributed by atoms with van der Waals surface area (Å²) in [5.74, 6) is 1.90. The van der Waals surface area contributed by atoms with Crippen LogP contribution < -0.4 is 10.1 Å². The van der Waals surface area contributed by atoms with Gasteiger partial charge in [-0.15, -0.1) is 0 Å². The smallest absolute Gasteiger partial charge is 0.123 e. The fourth-order valence-electron chi connectivity index (χ4n) is 3.07. The van der Waals surface area contributed by atoms with Crippen LogP contribution in [0.4, 0.5) is 0 Å². The molecule has 2 rings (SSSR count). The van der Waals surface area contributed by atoms with E-state index >= 15 is 0 Å². The molecule has 1 aromatic rings. The number of hydrogen-bond donors (Lipinski definition) is 2. The number of methoxy groups -OCH3 is 1. The van der Waals surface area contributed by atoms with Crippen LogP contribution in [0.25, 0.3) is 0 Å². The first-order valence-electron chi connectivity index (χ1n) is 7.38. The largest absolute Gasteiger partial charge is 0.496 e. The minimum absolute atomic E-state index is 0.312. The first-order chi connectivity index (χ1) is 9.74. The third kappa shape index (κ3) is 4.11. The second kappa shape index (κ2) is 7.87. The molecule has 0 aromatic heterocycles. The predicted octanol–water partition coefficient (Wildman–Crippen LogP) is 3.24. The van der Waals surface area contributed by atoms with Crippen molar-refractivity contribution in [3.63, 3.8) is 0 Å². The Bertz CT molecular complexity index is 425. The van der Waals surface area contributed by atoms with E-state index in [0.29, 0.717) is 18.4 Å². The highest BCUT2D eigenvalue weighted by Crippen LogP contribution is 2.29. The molecule has 3 nitrogen and oxygen atoms in total. The zero-order valence-corrected chi connectivity index (χ0v) is 12.8. The second-order valence-electron chi connectivity index (χ2n) is 5.57. The van der Waals surface area contributed by atoms with Crippen molar-refractivity contribution in [2.45, 2.75) is 32.2 Å². The molecule has 0 aliphatic heterocycles. The Morgan fingerprint density at radius 3 is 2.75 bits per heavy atom. The van der Waals surface area contributed by atoms with Crippen LogP contribution in [0.2, 0.25) is 5.02 Å². The Kier molecular flexibility index (Phi) is 6.14. The summed E-state index contributed by atoms with van der Waals surface area (Å²) >= 11 is 6.03. The Morgan fingerprint density at radius 1 is 1.30 bits per heavy atom. The van der Waals surface area contributed by atoms with Crippen LogP contribution in [0.5, 0.6) is 5.75 Å². The van der Waals surface area contributed by atoms with Gasteiger partial charge in [0.25, 0.3) is 0 Å². The van der Waals surface area contributed by atoms with Gasteiger partial charge in [-0.1, -0.05) is 24.4 Å². The molecule has 1 aliphatic rings. The summed E-state index contributed by atoms with van der Waals surface area (Å²) in [6.07, 6.45) is 4.90. The lowest BCUT2D eigenvalue weighted by Gasteiger charge is -2.30. The Morgan fingerprint density at radius 2 is 2.05 bits per heavy atom. The van der Waals surface area contributed by atoms with E-state index in [-0.39, 0.29) is 0 Å². The van der Waals surface area contributed by atoms with Crippen LogP contribution in [0.3, 0.4) is 0 Å². The van der Waals surface area contributed by atoms with Gasteiger partial charge in [0.1, 0.15) is 5.75 Å². The fourth-order valence-corrected chi connectivity index (χ4v) is 3.27. The number of aliphatic hydroxyl groups is 1. The summed E-state index contributed by atoms with van der Waals surface area (Å²) in [4.78, 5) is 0. The molecule has 0 heterocycles. The van der Waals surface area contributed by atoms with Crippen molar-refractivity contribution in [1.82, 2.24) is 5.32 Å². The zero-order chi connectivity index (χ0) is 14.4. The van der Waals surface area contributed by atoms with Gasteiger partial charge in [-0.05, 0) is 49.4 Å². The van der Waals surface area contributed by atoms with E-state index in [9.17, 15) is 5.11 Å². The van der Waals surface area contributed by atoms with E-state index < -0.39 is 0 Å². The number of benzene rings is 1. The molecule has 20 heavy (non-hydrogen) atoms. The third-order valence-corrected chi connectivity index (χ3v) is 4.50. The average Bonchev–Trinajstić information content (AvgIpc) is 2.48. The van der Waals surface area contributed by atoms with E-state index in [1.165, 1.54) is 19.3 Å². The highest BCUT2D eigenvalue weighted by Gasteiger charge is 2.23. The van der Waals surface area contributed by atoms with Crippen molar-refractivity contribution < 1.29 is 9.84 Å². The van der Waals surface area contributed by atoms with Crippen LogP contribution in [-0.4, -0.2) is 25.4 Å². The van der Waals surface area contributed by atoms with Crippen LogP contribution in [0.15, 0.2) is 18.2 Å². The quantitative estimate of drug-likeness (QED) is 0.847. The number of halogens is 1. The molecule has 0 amide bonds. The van der Waals surface area contributed by atoms with Crippen molar-refractivity contribution >= 4 is 11.6 Å². The van der Waals surface area contributed by atoms with E-state index in [2.05, 4.69) is 5.32 Å². The van der Waals surface area contributed by atoms with Gasteiger partial charge in [-0.3, -0.25) is 0 Å². The van der Waals surface area contributed by atoms with Gasteiger partial charge in [0.15, 0.2) is 0 Å². The highest BCUT2D eigenvalue weighted by molar-refractivity contribution is 6.30. The van der Waals surface area contributed by atoms with Crippen molar-refractivity contribution in [2.75, 3.05) is 20.3 Å². The first-order valence-corrected chi connectivity index (χ1v) is 7.76. The highest BCUT2D eigenvalue weighted by atomic mass is 35.5. The van der Waals surface area contributed by atoms with Crippen molar-refractivity contribution in [1.29, 1.82) is 0 Å². The van der Waals surface area contributed by atoms with Gasteiger partial charge in [0.05, 0.1) is 7.11 Å². The maximum Gasteiger partial charge on any atom is 0.123 e. The molecule has 0 bridgehead atoms. The van der Waals surface area contributed by atoms with Crippen LogP contribution in [-0.2, 0) is 6.54 Å². The lowest BCUT2D eigenvalue weighted by atomic mass is 9.79. The van der Waals surface area contributed by atoms with Crippen LogP contribution in [0.1, 0.15) is 31.2 Å². The number of nitrogens with one attached hydrogen (secondary N) is 1. The topological polar surface area (TPSA) is 41.5 Å². The zero-order valence-electron chi connectivity index (χ0n) is 12.1. The summed E-state index contributed by atoms with van der Waals surface area (Å²) in [5, 5.41) is 13.6. The van der Waals surface area contributed by atoms with Crippen molar-refractivity contribution in [3.8, 4) is 5.75 Å². The van der Waals surface area contributed by atoms with Gasteiger partial charge in [0, 0.05) is 23.7 Å². The molecule has 0 saturated heterocycles. The maximum atomic E-state index is 9.43. The molecular formula is C16H24ClNO2. The molecule has 1 saturated carbocycles. The summed E-state index contributed by atoms with van der Waals surface area (Å²) in [7, 11) is 1.68. The standard InChI is InChI=1S/C16H24ClNO2/c1-20-16-7-6-15(17)8-14(16)10-18-9-12-4-2-3-5-13(12)11-19/h6-8,12-13,18-19H,2-5,9-11H2,1H3. The summed E-state index contributed by atoms with van der Waals surface area (Å²) < 4.78 is 5.35. The Labute approximate surface area is 126 Å². The lowest BCUT2D eigenvalue weighted by molar-refractivity contribution is 0.133. The number of rotatable bonds is 6. The Balaban J connectivity index is 1.87. The summed E-state index contributed by atoms with van der Waals surface area (Å²) in [5.41, 5.74) is 1.08. The van der Waals surface area contributed by atoms with Crippen LogP contribution >= 0.6 is 11.6 Å². The molecular weight excluding hydrogens is 274 g/mol. The average molecular weight is 298 g/mol. The number of ether oxygens (including phenoxy) is 1. The lowest BCUT2D eigenvalue weighted by Crippen LogP contribution is -2.32. The second-order valence-corrected chi connectivity index (χ2v) is 6.01. The summed E-state index contributed by atoms with van der Waals surface area (Å²) in [6, 6.07) is 5.68. The molecule has 112 valence electrons. The van der Waals surface area contributed by atoms with E-state index in [1.54, 1.807) is 7.11 Å². The SMILES string of the molecule is COc1ccc(Cl)cc1CNCC1CCCCC1CO. The predicted molar refractivity (Wildman–Crippen MR) is 82.2 cm³/mol. The van der Waals surface area contributed by atoms with E-state index in [1.807, 2.05) is 18.2 Å². The number of hydrogen-bond acceptors (Lipinski definition) is 3. The molecule has 4 heteroatoms. The third-order valence-electron chi connectivity index (χ3n) is 4.27. The van der Waals surface area contributed by atoms with Crippen molar-refractivity contribution in [3.05, 3.63) is 28.8 Å². The maximum absolute atomic E-state index is 9.43. The Hall–Kier alpha value is -0.770. The fraction of sp³-hybridized carbons (Fsp3) is 0.625. The molecule has 1 aromatic carbocycles. The minimum Gasteiger partial charge on any atom is -0.496 e. The van der Waals surface area contributed by atoms with Gasteiger partial charge in [0.2, 0.25) is 0 Å². The molecule has 0 radical (unpaired) electrons. The first kappa shape index (κ1) is 15.6. The normalized spacial score (nSPS) is 22.8. The van der Waals surface area contributed by atoms with E-state index in [0.717, 1.165) is 35.8 Å². The molecule has 2 unspecified atom stereocenters. The molecule has 1 aliphatic carbocycles. The van der Waals surface area contributed by atoms with Gasteiger partial charge in [-0.2, -0.15) is 0 Å². The van der Waals surface area contributed by atoms with Gasteiger partial charge < -0.3 is 15.2 Å². The van der Waals surface area contributed by atoms with Gasteiger partial charge in [-0.25, -0.2) is 0 Å². The molecule has 1 fully saturated rings. The van der Waals surface area contributed by atoms with Crippen LogP contribution in [0, 0.1) is 11.8 Å². The minimum atomic E-state index is 0.312. The molecule has 2 N–H and O–H groups in total. The summed E-state index contributed by atoms with van der Waals surface area (Å²) in [6.45, 7) is 2.01. The monoisotopic (exact) mass is 297 g/mol. The van der Waals surface area contributed by atoms with Crippen molar-refractivity contribution in [2.24, 2.45) is 11.8 Å². The van der Waals surface area contributed by atoms with E-state index in [4.69, 9.17) is 16.3 Å². The molecule has 0 spiro atoms.